The van der Waals surface area contributed by atoms with Gasteiger partial charge in [0.15, 0.2) is 0 Å². The number of carbonyl (C=O) groups is 1. The van der Waals surface area contributed by atoms with Gasteiger partial charge in [-0.2, -0.15) is 4.98 Å². The number of hydrogen-bond acceptors (Lipinski definition) is 8. The zero-order valence-electron chi connectivity index (χ0n) is 17.5. The molecule has 1 aliphatic rings. The third kappa shape index (κ3) is 4.09. The predicted octanol–water partition coefficient (Wildman–Crippen LogP) is 3.01. The van der Waals surface area contributed by atoms with E-state index in [0.29, 0.717) is 23.5 Å². The molecule has 11 nitrogen and oxygen atoms in total. The van der Waals surface area contributed by atoms with Gasteiger partial charge in [-0.25, -0.2) is 19.0 Å². The van der Waals surface area contributed by atoms with Crippen molar-refractivity contribution in [1.82, 2.24) is 34.7 Å². The Balaban J connectivity index is 1.32. The molecule has 1 aromatic carbocycles. The van der Waals surface area contributed by atoms with Gasteiger partial charge in [-0.15, -0.1) is 0 Å². The number of benzene rings is 1. The highest BCUT2D eigenvalue weighted by molar-refractivity contribution is 5.83. The van der Waals surface area contributed by atoms with Crippen LogP contribution in [0.3, 0.4) is 0 Å². The van der Waals surface area contributed by atoms with Crippen molar-refractivity contribution in [2.75, 3.05) is 5.32 Å². The van der Waals surface area contributed by atoms with Crippen molar-refractivity contribution in [2.45, 2.75) is 38.4 Å². The van der Waals surface area contributed by atoms with E-state index in [1.807, 2.05) is 30.3 Å². The number of carbonyl (C=O) groups excluding carboxylic acids is 1. The summed E-state index contributed by atoms with van der Waals surface area (Å²) in [7, 11) is 1.75. The van der Waals surface area contributed by atoms with E-state index in [0.717, 1.165) is 36.7 Å². The van der Waals surface area contributed by atoms with Crippen LogP contribution in [0, 0.1) is 0 Å². The summed E-state index contributed by atoms with van der Waals surface area (Å²) in [5, 5.41) is 14.4. The van der Waals surface area contributed by atoms with Crippen molar-refractivity contribution in [2.24, 2.45) is 7.05 Å². The predicted molar refractivity (Wildman–Crippen MR) is 114 cm³/mol. The minimum Gasteiger partial charge on any atom is -0.458 e. The van der Waals surface area contributed by atoms with E-state index in [1.165, 1.54) is 0 Å². The average Bonchev–Trinajstić information content (AvgIpc) is 3.52. The quantitative estimate of drug-likeness (QED) is 0.491. The zero-order valence-corrected chi connectivity index (χ0v) is 17.5. The third-order valence-corrected chi connectivity index (χ3v) is 5.29. The lowest BCUT2D eigenvalue weighted by Crippen LogP contribution is -2.20. The van der Waals surface area contributed by atoms with Crippen molar-refractivity contribution in [3.8, 4) is 12.0 Å². The fourth-order valence-corrected chi connectivity index (χ4v) is 3.77. The molecule has 1 fully saturated rings. The molecule has 1 N–H and O–H groups in total. The number of nitrogens with one attached hydrogen (secondary N) is 1. The fraction of sp³-hybridized carbons (Fsp3) is 0.333. The third-order valence-electron chi connectivity index (χ3n) is 5.29. The molecule has 4 aromatic rings. The molecule has 1 saturated carbocycles. The topological polar surface area (TPSA) is 122 Å². The second-order valence-electron chi connectivity index (χ2n) is 7.56. The van der Waals surface area contributed by atoms with Crippen molar-refractivity contribution in [3.05, 3.63) is 48.2 Å². The number of fused-ring (bicyclic) bond motifs is 1. The van der Waals surface area contributed by atoms with Crippen LogP contribution in [0.1, 0.15) is 31.4 Å². The Morgan fingerprint density at radius 2 is 1.97 bits per heavy atom. The standard InChI is InChI=1S/C21H22N8O3/c1-28-19(25-26-27-28)29-17-11-5-4-10-16(17)23-20(29)31-13-14-7-6-12-18(22-14)24-21(30)32-15-8-2-3-9-15/h4-7,10-12,15H,2-3,8-9,13H2,1H3,(H,22,24,30). The summed E-state index contributed by atoms with van der Waals surface area (Å²) in [5.41, 5.74) is 2.19. The number of aromatic nitrogens is 7. The van der Waals surface area contributed by atoms with Crippen molar-refractivity contribution >= 4 is 22.9 Å². The summed E-state index contributed by atoms with van der Waals surface area (Å²) in [4.78, 5) is 21.1. The molecule has 3 heterocycles. The van der Waals surface area contributed by atoms with E-state index in [-0.39, 0.29) is 12.7 Å². The second kappa shape index (κ2) is 8.61. The van der Waals surface area contributed by atoms with Crippen molar-refractivity contribution < 1.29 is 14.3 Å². The van der Waals surface area contributed by atoms with Gasteiger partial charge in [0.05, 0.1) is 16.7 Å². The first kappa shape index (κ1) is 19.9. The Bertz CT molecular complexity index is 1240. The van der Waals surface area contributed by atoms with E-state index in [2.05, 4.69) is 30.8 Å². The number of pyridine rings is 1. The number of aryl methyl sites for hydroxylation is 1. The molecule has 1 amide bonds. The molecular weight excluding hydrogens is 412 g/mol. The highest BCUT2D eigenvalue weighted by Crippen LogP contribution is 2.25. The Morgan fingerprint density at radius 1 is 1.12 bits per heavy atom. The number of imidazole rings is 1. The molecule has 32 heavy (non-hydrogen) atoms. The molecule has 0 unspecified atom stereocenters. The molecule has 0 spiro atoms. The fourth-order valence-electron chi connectivity index (χ4n) is 3.77. The van der Waals surface area contributed by atoms with Crippen LogP contribution < -0.4 is 10.1 Å². The van der Waals surface area contributed by atoms with Crippen molar-refractivity contribution in [3.63, 3.8) is 0 Å². The largest absolute Gasteiger partial charge is 0.458 e. The lowest BCUT2D eigenvalue weighted by Gasteiger charge is -2.12. The molecule has 0 saturated heterocycles. The van der Waals surface area contributed by atoms with Gasteiger partial charge in [0.2, 0.25) is 0 Å². The first-order valence-electron chi connectivity index (χ1n) is 10.4. The number of nitrogens with zero attached hydrogens (tertiary/aromatic N) is 7. The summed E-state index contributed by atoms with van der Waals surface area (Å²) in [6, 6.07) is 13.3. The van der Waals surface area contributed by atoms with Gasteiger partial charge in [-0.3, -0.25) is 5.32 Å². The van der Waals surface area contributed by atoms with E-state index in [4.69, 9.17) is 9.47 Å². The minimum absolute atomic E-state index is 0.00962. The van der Waals surface area contributed by atoms with Crippen LogP contribution in [0.4, 0.5) is 10.6 Å². The number of hydrogen-bond donors (Lipinski definition) is 1. The first-order valence-corrected chi connectivity index (χ1v) is 10.4. The molecule has 164 valence electrons. The highest BCUT2D eigenvalue weighted by Gasteiger charge is 2.20. The normalized spacial score (nSPS) is 14.0. The van der Waals surface area contributed by atoms with Crippen molar-refractivity contribution in [1.29, 1.82) is 0 Å². The summed E-state index contributed by atoms with van der Waals surface area (Å²) in [6.45, 7) is 0.141. The van der Waals surface area contributed by atoms with Crippen LogP contribution in [0.2, 0.25) is 0 Å². The average molecular weight is 434 g/mol. The maximum absolute atomic E-state index is 12.1. The van der Waals surface area contributed by atoms with Crippen LogP contribution in [0.25, 0.3) is 17.0 Å². The molecule has 11 heteroatoms. The van der Waals surface area contributed by atoms with E-state index in [1.54, 1.807) is 28.4 Å². The van der Waals surface area contributed by atoms with Gasteiger partial charge in [-0.05, 0) is 60.4 Å². The summed E-state index contributed by atoms with van der Waals surface area (Å²) >= 11 is 0. The number of amides is 1. The van der Waals surface area contributed by atoms with E-state index >= 15 is 0 Å². The Kier molecular flexibility index (Phi) is 5.36. The molecule has 0 aliphatic heterocycles. The Hall–Kier alpha value is -4.02. The van der Waals surface area contributed by atoms with Gasteiger partial charge in [-0.1, -0.05) is 23.3 Å². The summed E-state index contributed by atoms with van der Waals surface area (Å²) < 4.78 is 14.7. The van der Waals surface area contributed by atoms with Gasteiger partial charge in [0.25, 0.3) is 5.95 Å². The molecule has 0 radical (unpaired) electrons. The summed E-state index contributed by atoms with van der Waals surface area (Å²) in [6.07, 6.45) is 3.52. The number of rotatable bonds is 6. The summed E-state index contributed by atoms with van der Waals surface area (Å²) in [5.74, 6) is 0.881. The zero-order chi connectivity index (χ0) is 21.9. The van der Waals surface area contributed by atoms with Crippen LogP contribution in [-0.2, 0) is 18.4 Å². The molecular formula is C21H22N8O3. The molecule has 3 aromatic heterocycles. The Morgan fingerprint density at radius 3 is 2.78 bits per heavy atom. The van der Waals surface area contributed by atoms with Gasteiger partial charge in [0.1, 0.15) is 18.5 Å². The SMILES string of the molecule is Cn1nnnc1-n1c(OCc2cccc(NC(=O)OC3CCCC3)n2)nc2ccccc21. The molecule has 1 aliphatic carbocycles. The number of ether oxygens (including phenoxy) is 2. The van der Waals surface area contributed by atoms with E-state index < -0.39 is 6.09 Å². The maximum Gasteiger partial charge on any atom is 0.413 e. The number of anilines is 1. The number of tetrazole rings is 1. The van der Waals surface area contributed by atoms with Crippen LogP contribution in [0.15, 0.2) is 42.5 Å². The number of para-hydroxylation sites is 2. The lowest BCUT2D eigenvalue weighted by atomic mass is 10.3. The van der Waals surface area contributed by atoms with Gasteiger partial charge >= 0.3 is 12.1 Å². The van der Waals surface area contributed by atoms with E-state index in [9.17, 15) is 4.79 Å². The molecule has 0 atom stereocenters. The van der Waals surface area contributed by atoms with Crippen LogP contribution in [0.5, 0.6) is 6.01 Å². The van der Waals surface area contributed by atoms with Gasteiger partial charge < -0.3 is 9.47 Å². The van der Waals surface area contributed by atoms with Crippen LogP contribution in [-0.4, -0.2) is 46.9 Å². The molecule has 0 bridgehead atoms. The lowest BCUT2D eigenvalue weighted by molar-refractivity contribution is 0.114. The smallest absolute Gasteiger partial charge is 0.413 e. The monoisotopic (exact) mass is 434 g/mol. The minimum atomic E-state index is -0.487. The highest BCUT2D eigenvalue weighted by atomic mass is 16.6. The molecule has 5 rings (SSSR count). The Labute approximate surface area is 183 Å². The first-order chi connectivity index (χ1) is 15.7. The van der Waals surface area contributed by atoms with Gasteiger partial charge in [0, 0.05) is 7.05 Å². The maximum atomic E-state index is 12.1. The van der Waals surface area contributed by atoms with Crippen LogP contribution >= 0.6 is 0 Å². The second-order valence-corrected chi connectivity index (χ2v) is 7.56.